The van der Waals surface area contributed by atoms with Gasteiger partial charge in [-0.1, -0.05) is 6.92 Å². The van der Waals surface area contributed by atoms with Crippen LogP contribution in [-0.4, -0.2) is 18.0 Å². The summed E-state index contributed by atoms with van der Waals surface area (Å²) in [5.41, 5.74) is 7.19. The number of nitrogens with two attached hydrogens (primary N) is 1. The third-order valence-corrected chi connectivity index (χ3v) is 3.48. The Balaban J connectivity index is 2.22. The van der Waals surface area contributed by atoms with Crippen molar-refractivity contribution in [2.45, 2.75) is 19.9 Å². The molecule has 0 saturated carbocycles. The van der Waals surface area contributed by atoms with Crippen LogP contribution in [0.3, 0.4) is 0 Å². The Morgan fingerprint density at radius 2 is 2.50 bits per heavy atom. The predicted octanol–water partition coefficient (Wildman–Crippen LogP) is 1.71. The molecule has 0 spiro atoms. The molecule has 1 aliphatic rings. The highest BCUT2D eigenvalue weighted by Crippen LogP contribution is 2.29. The largest absolute Gasteiger partial charge is 0.391 e. The highest BCUT2D eigenvalue weighted by molar-refractivity contribution is 7.16. The second kappa shape index (κ2) is 3.07. The van der Waals surface area contributed by atoms with Gasteiger partial charge >= 0.3 is 0 Å². The van der Waals surface area contributed by atoms with E-state index in [1.165, 1.54) is 23.4 Å². The van der Waals surface area contributed by atoms with Crippen molar-refractivity contribution in [3.63, 3.8) is 0 Å². The first-order valence-electron chi connectivity index (χ1n) is 4.39. The van der Waals surface area contributed by atoms with Gasteiger partial charge in [0.1, 0.15) is 0 Å². The molecule has 2 heterocycles. The lowest BCUT2D eigenvalue weighted by Crippen LogP contribution is -2.29. The number of thiophene rings is 1. The lowest BCUT2D eigenvalue weighted by molar-refractivity contribution is 0.270. The van der Waals surface area contributed by atoms with Gasteiger partial charge in [-0.3, -0.25) is 4.90 Å². The smallest absolute Gasteiger partial charge is 0.0862 e. The third-order valence-electron chi connectivity index (χ3n) is 2.41. The van der Waals surface area contributed by atoms with Crippen LogP contribution in [0.5, 0.6) is 0 Å². The van der Waals surface area contributed by atoms with Crippen LogP contribution < -0.4 is 5.73 Å². The van der Waals surface area contributed by atoms with E-state index >= 15 is 0 Å². The van der Waals surface area contributed by atoms with E-state index in [2.05, 4.69) is 17.9 Å². The zero-order valence-corrected chi connectivity index (χ0v) is 8.16. The molecular weight excluding hydrogens is 168 g/mol. The molecule has 1 aromatic heterocycles. The van der Waals surface area contributed by atoms with Crippen LogP contribution in [0.4, 0.5) is 5.00 Å². The van der Waals surface area contributed by atoms with E-state index in [1.54, 1.807) is 11.3 Å². The molecule has 1 aliphatic heterocycles. The zero-order valence-electron chi connectivity index (χ0n) is 7.34. The van der Waals surface area contributed by atoms with Gasteiger partial charge in [0.15, 0.2) is 0 Å². The second-order valence-electron chi connectivity index (χ2n) is 3.22. The minimum Gasteiger partial charge on any atom is -0.391 e. The molecule has 2 rings (SSSR count). The lowest BCUT2D eigenvalue weighted by Gasteiger charge is -2.24. The Morgan fingerprint density at radius 3 is 3.25 bits per heavy atom. The van der Waals surface area contributed by atoms with Crippen LogP contribution in [0, 0.1) is 0 Å². The van der Waals surface area contributed by atoms with E-state index in [-0.39, 0.29) is 0 Å². The fourth-order valence-electron chi connectivity index (χ4n) is 1.68. The summed E-state index contributed by atoms with van der Waals surface area (Å²) in [5.74, 6) is 0. The SMILES string of the molecule is CCN1CCc2sc(N)cc2C1. The van der Waals surface area contributed by atoms with E-state index in [0.717, 1.165) is 18.1 Å². The van der Waals surface area contributed by atoms with Crippen LogP contribution in [0.1, 0.15) is 17.4 Å². The maximum atomic E-state index is 5.75. The van der Waals surface area contributed by atoms with Crippen LogP contribution in [-0.2, 0) is 13.0 Å². The third kappa shape index (κ3) is 1.34. The first-order chi connectivity index (χ1) is 5.79. The van der Waals surface area contributed by atoms with E-state index < -0.39 is 0 Å². The van der Waals surface area contributed by atoms with Crippen molar-refractivity contribution in [2.75, 3.05) is 18.8 Å². The molecule has 0 radical (unpaired) electrons. The Bertz CT molecular complexity index is 280. The Kier molecular flexibility index (Phi) is 2.07. The number of hydrogen-bond donors (Lipinski definition) is 1. The maximum absolute atomic E-state index is 5.75. The predicted molar refractivity (Wildman–Crippen MR) is 53.4 cm³/mol. The monoisotopic (exact) mass is 182 g/mol. The summed E-state index contributed by atoms with van der Waals surface area (Å²) in [6.45, 7) is 5.65. The van der Waals surface area contributed by atoms with Crippen molar-refractivity contribution < 1.29 is 0 Å². The molecule has 0 aliphatic carbocycles. The van der Waals surface area contributed by atoms with Gasteiger partial charge in [-0.25, -0.2) is 0 Å². The summed E-state index contributed by atoms with van der Waals surface area (Å²) in [4.78, 5) is 3.95. The Hall–Kier alpha value is -0.540. The molecule has 0 unspecified atom stereocenters. The maximum Gasteiger partial charge on any atom is 0.0862 e. The summed E-state index contributed by atoms with van der Waals surface area (Å²) in [6, 6.07) is 2.13. The molecule has 0 bridgehead atoms. The molecule has 0 aromatic carbocycles. The van der Waals surface area contributed by atoms with Gasteiger partial charge in [-0.15, -0.1) is 11.3 Å². The number of nitrogen functional groups attached to an aromatic ring is 1. The molecule has 0 amide bonds. The van der Waals surface area contributed by atoms with Gasteiger partial charge in [-0.2, -0.15) is 0 Å². The van der Waals surface area contributed by atoms with Crippen molar-refractivity contribution >= 4 is 16.3 Å². The number of rotatable bonds is 1. The molecule has 2 nitrogen and oxygen atoms in total. The molecule has 3 heteroatoms. The summed E-state index contributed by atoms with van der Waals surface area (Å²) >= 11 is 1.75. The quantitative estimate of drug-likeness (QED) is 0.716. The fourth-order valence-corrected chi connectivity index (χ4v) is 2.62. The van der Waals surface area contributed by atoms with Gasteiger partial charge in [0.25, 0.3) is 0 Å². The van der Waals surface area contributed by atoms with Crippen molar-refractivity contribution in [3.05, 3.63) is 16.5 Å². The molecule has 66 valence electrons. The minimum atomic E-state index is 0.970. The van der Waals surface area contributed by atoms with E-state index in [4.69, 9.17) is 5.73 Å². The van der Waals surface area contributed by atoms with Gasteiger partial charge in [0.2, 0.25) is 0 Å². The topological polar surface area (TPSA) is 29.3 Å². The van der Waals surface area contributed by atoms with Crippen LogP contribution in [0.15, 0.2) is 6.07 Å². The molecule has 12 heavy (non-hydrogen) atoms. The van der Waals surface area contributed by atoms with Gasteiger partial charge < -0.3 is 5.73 Å². The first kappa shape index (κ1) is 8.08. The molecule has 0 atom stereocenters. The molecular formula is C9H14N2S. The Morgan fingerprint density at radius 1 is 1.67 bits per heavy atom. The van der Waals surface area contributed by atoms with Gasteiger partial charge in [0, 0.05) is 18.0 Å². The van der Waals surface area contributed by atoms with Crippen molar-refractivity contribution in [3.8, 4) is 0 Å². The van der Waals surface area contributed by atoms with Crippen molar-refractivity contribution in [2.24, 2.45) is 0 Å². The number of fused-ring (bicyclic) bond motifs is 1. The molecule has 2 N–H and O–H groups in total. The van der Waals surface area contributed by atoms with Crippen molar-refractivity contribution in [1.82, 2.24) is 4.90 Å². The average Bonchev–Trinajstić information content (AvgIpc) is 2.43. The second-order valence-corrected chi connectivity index (χ2v) is 4.38. The average molecular weight is 182 g/mol. The molecule has 0 fully saturated rings. The van der Waals surface area contributed by atoms with E-state index in [0.29, 0.717) is 0 Å². The normalized spacial score (nSPS) is 17.8. The zero-order chi connectivity index (χ0) is 8.55. The van der Waals surface area contributed by atoms with Gasteiger partial charge in [-0.05, 0) is 24.6 Å². The molecule has 1 aromatic rings. The number of likely N-dealkylation sites (N-methyl/N-ethyl adjacent to an activating group) is 1. The van der Waals surface area contributed by atoms with Crippen LogP contribution in [0.25, 0.3) is 0 Å². The van der Waals surface area contributed by atoms with E-state index in [1.807, 2.05) is 0 Å². The summed E-state index contributed by atoms with van der Waals surface area (Å²) in [7, 11) is 0. The summed E-state index contributed by atoms with van der Waals surface area (Å²) in [6.07, 6.45) is 1.19. The summed E-state index contributed by atoms with van der Waals surface area (Å²) < 4.78 is 0. The number of nitrogens with zero attached hydrogens (tertiary/aromatic N) is 1. The van der Waals surface area contributed by atoms with Crippen LogP contribution in [0.2, 0.25) is 0 Å². The highest BCUT2D eigenvalue weighted by Gasteiger charge is 2.16. The molecule has 0 saturated heterocycles. The number of hydrogen-bond acceptors (Lipinski definition) is 3. The standard InChI is InChI=1S/C9H14N2S/c1-2-11-4-3-8-7(6-11)5-9(10)12-8/h5H,2-4,6,10H2,1H3. The minimum absolute atomic E-state index is 0.970. The van der Waals surface area contributed by atoms with E-state index in [9.17, 15) is 0 Å². The van der Waals surface area contributed by atoms with Crippen LogP contribution >= 0.6 is 11.3 Å². The Labute approximate surface area is 77.0 Å². The number of anilines is 1. The van der Waals surface area contributed by atoms with Crippen molar-refractivity contribution in [1.29, 1.82) is 0 Å². The highest BCUT2D eigenvalue weighted by atomic mass is 32.1. The lowest BCUT2D eigenvalue weighted by atomic mass is 10.1. The summed E-state index contributed by atoms with van der Waals surface area (Å²) in [5, 5.41) is 0.970. The van der Waals surface area contributed by atoms with Gasteiger partial charge in [0.05, 0.1) is 5.00 Å². The first-order valence-corrected chi connectivity index (χ1v) is 5.20. The fraction of sp³-hybridized carbons (Fsp3) is 0.556.